The molecule has 59 heavy (non-hydrogen) atoms. The topological polar surface area (TPSA) is 212 Å². The molecule has 2 aromatic carbocycles. The highest BCUT2D eigenvalue weighted by molar-refractivity contribution is 6.00. The number of esters is 1. The quantitative estimate of drug-likeness (QED) is 0.0301. The van der Waals surface area contributed by atoms with Gasteiger partial charge in [-0.05, 0) is 88.4 Å². The summed E-state index contributed by atoms with van der Waals surface area (Å²) in [4.78, 5) is 82.8. The maximum atomic E-state index is 13.8. The Morgan fingerprint density at radius 3 is 2.31 bits per heavy atom. The van der Waals surface area contributed by atoms with Gasteiger partial charge < -0.3 is 39.7 Å². The Kier molecular flexibility index (Phi) is 16.1. The summed E-state index contributed by atoms with van der Waals surface area (Å²) in [5.74, 6) is -3.48. The predicted molar refractivity (Wildman–Crippen MR) is 215 cm³/mol. The van der Waals surface area contributed by atoms with E-state index in [2.05, 4.69) is 22.9 Å². The number of ether oxygens (including phenoxy) is 3. The largest absolute Gasteiger partial charge is 0.497 e. The van der Waals surface area contributed by atoms with Gasteiger partial charge in [-0.2, -0.15) is 0 Å². The molecule has 16 nitrogen and oxygen atoms in total. The van der Waals surface area contributed by atoms with E-state index < -0.39 is 53.3 Å². The molecule has 3 unspecified atom stereocenters. The fourth-order valence-corrected chi connectivity index (χ4v) is 6.86. The van der Waals surface area contributed by atoms with E-state index in [0.717, 1.165) is 24.8 Å². The Balaban J connectivity index is 1.40. The average molecular weight is 821 g/mol. The second kappa shape index (κ2) is 20.7. The van der Waals surface area contributed by atoms with Gasteiger partial charge in [0.2, 0.25) is 12.3 Å². The summed E-state index contributed by atoms with van der Waals surface area (Å²) in [6.07, 6.45) is 3.76. The van der Waals surface area contributed by atoms with Crippen LogP contribution in [0.15, 0.2) is 59.0 Å². The minimum Gasteiger partial charge on any atom is -0.497 e. The molecule has 1 heterocycles. The molecular weight excluding hydrogens is 764 g/mol. The molecule has 1 aliphatic carbocycles. The SMILES string of the molecule is CCCCCC(C(=O)NCNC(=O)c1ccc(-c2ccc(C(=O)NC(CC(=O)OC(C)(C)C)C(=O)O)c(OCC)c2)o1)[C@@]1(N(C=O)OCc2ccc(OC)cc2)CC1C. The molecule has 0 bridgehead atoms. The van der Waals surface area contributed by atoms with Gasteiger partial charge in [0.05, 0.1) is 43.8 Å². The van der Waals surface area contributed by atoms with Crippen molar-refractivity contribution in [1.29, 1.82) is 0 Å². The number of unbranched alkanes of at least 4 members (excludes halogenated alkanes) is 2. The van der Waals surface area contributed by atoms with Crippen LogP contribution in [0.3, 0.4) is 0 Å². The van der Waals surface area contributed by atoms with E-state index in [9.17, 15) is 33.9 Å². The monoisotopic (exact) mass is 820 g/mol. The molecule has 4 rings (SSSR count). The van der Waals surface area contributed by atoms with E-state index in [1.807, 2.05) is 19.1 Å². The van der Waals surface area contributed by atoms with E-state index in [0.29, 0.717) is 30.6 Å². The first kappa shape index (κ1) is 45.8. The molecule has 0 radical (unpaired) electrons. The van der Waals surface area contributed by atoms with E-state index in [4.69, 9.17) is 23.5 Å². The van der Waals surface area contributed by atoms with Crippen LogP contribution in [-0.4, -0.2) is 83.8 Å². The molecule has 1 aromatic heterocycles. The third-order valence-corrected chi connectivity index (χ3v) is 9.92. The molecule has 4 N–H and O–H groups in total. The normalized spacial score (nSPS) is 16.8. The maximum Gasteiger partial charge on any atom is 0.326 e. The number of hydrogen-bond donors (Lipinski definition) is 4. The zero-order valence-electron chi connectivity index (χ0n) is 34.8. The number of carboxylic acid groups (broad SMARTS) is 1. The number of rotatable bonds is 23. The molecule has 0 saturated heterocycles. The molecule has 4 atom stereocenters. The summed E-state index contributed by atoms with van der Waals surface area (Å²) < 4.78 is 22.0. The van der Waals surface area contributed by atoms with Crippen LogP contribution in [0.5, 0.6) is 11.5 Å². The van der Waals surface area contributed by atoms with Crippen LogP contribution in [0.2, 0.25) is 0 Å². The number of hydroxylamine groups is 2. The van der Waals surface area contributed by atoms with Gasteiger partial charge in [-0.15, -0.1) is 0 Å². The van der Waals surface area contributed by atoms with Crippen molar-refractivity contribution in [2.24, 2.45) is 11.8 Å². The minimum absolute atomic E-state index is 0.00501. The zero-order chi connectivity index (χ0) is 43.3. The number of furan rings is 1. The number of carbonyl (C=O) groups excluding carboxylic acids is 5. The lowest BCUT2D eigenvalue weighted by Gasteiger charge is -2.34. The number of amides is 4. The van der Waals surface area contributed by atoms with Gasteiger partial charge in [-0.25, -0.2) is 9.86 Å². The van der Waals surface area contributed by atoms with Crippen LogP contribution >= 0.6 is 0 Å². The standard InChI is InChI=1S/C43H56N4O12/c1-8-10-11-12-32(43(23-27(43)3)47(26-48)57-24-28-13-16-30(55-7)17-14-28)39(51)44-25-45-40(52)35-20-19-34(58-35)29-15-18-31(36(21-29)56-9-2)38(50)46-33(41(53)54)22-37(49)59-42(4,5)6/h13-21,26-27,32-33H,8-12,22-25H2,1-7H3,(H,44,51)(H,45,52)(H,46,50)(H,53,54)/t27?,32?,33?,43-/m1/s1. The second-order valence-electron chi connectivity index (χ2n) is 15.4. The van der Waals surface area contributed by atoms with Crippen LogP contribution in [0.4, 0.5) is 0 Å². The highest BCUT2D eigenvalue weighted by Gasteiger charge is 2.63. The Labute approximate surface area is 344 Å². The molecule has 1 aliphatic rings. The Morgan fingerprint density at radius 1 is 1.00 bits per heavy atom. The molecule has 4 amide bonds. The van der Waals surface area contributed by atoms with E-state index in [1.54, 1.807) is 59.1 Å². The molecule has 0 spiro atoms. The van der Waals surface area contributed by atoms with Gasteiger partial charge in [0.1, 0.15) is 35.5 Å². The first-order valence-corrected chi connectivity index (χ1v) is 19.8. The van der Waals surface area contributed by atoms with Crippen LogP contribution in [0, 0.1) is 11.8 Å². The highest BCUT2D eigenvalue weighted by Crippen LogP contribution is 2.55. The lowest BCUT2D eigenvalue weighted by Crippen LogP contribution is -2.51. The number of nitrogens with one attached hydrogen (secondary N) is 3. The van der Waals surface area contributed by atoms with Gasteiger partial charge in [0, 0.05) is 5.56 Å². The van der Waals surface area contributed by atoms with Crippen molar-refractivity contribution in [1.82, 2.24) is 21.0 Å². The number of nitrogens with zero attached hydrogens (tertiary/aromatic N) is 1. The number of aliphatic carboxylic acids is 1. The molecule has 16 heteroatoms. The summed E-state index contributed by atoms with van der Waals surface area (Å²) >= 11 is 0. The van der Waals surface area contributed by atoms with Gasteiger partial charge in [-0.1, -0.05) is 51.3 Å². The lowest BCUT2D eigenvalue weighted by molar-refractivity contribution is -0.209. The third-order valence-electron chi connectivity index (χ3n) is 9.92. The molecule has 1 fully saturated rings. The summed E-state index contributed by atoms with van der Waals surface area (Å²) in [6.45, 7) is 10.8. The van der Waals surface area contributed by atoms with Crippen LogP contribution < -0.4 is 25.4 Å². The van der Waals surface area contributed by atoms with Gasteiger partial charge in [-0.3, -0.25) is 28.8 Å². The number of hydrogen-bond acceptors (Lipinski definition) is 11. The molecule has 0 aliphatic heterocycles. The van der Waals surface area contributed by atoms with Crippen molar-refractivity contribution in [3.63, 3.8) is 0 Å². The Hall–Kier alpha value is -5.90. The minimum atomic E-state index is -1.55. The number of methoxy groups -OCH3 is 1. The third kappa shape index (κ3) is 12.3. The summed E-state index contributed by atoms with van der Waals surface area (Å²) in [5.41, 5.74) is -0.385. The summed E-state index contributed by atoms with van der Waals surface area (Å²) in [7, 11) is 1.58. The molecular formula is C43H56N4O12. The fraction of sp³-hybridized carbons (Fsp3) is 0.488. The summed E-state index contributed by atoms with van der Waals surface area (Å²) in [6, 6.07) is 13.2. The van der Waals surface area contributed by atoms with Crippen LogP contribution in [-0.2, 0) is 35.4 Å². The maximum absolute atomic E-state index is 13.8. The molecule has 320 valence electrons. The van der Waals surface area contributed by atoms with Crippen LogP contribution in [0.1, 0.15) is 107 Å². The fourth-order valence-electron chi connectivity index (χ4n) is 6.86. The van der Waals surface area contributed by atoms with Crippen LogP contribution in [0.25, 0.3) is 11.3 Å². The van der Waals surface area contributed by atoms with Crippen molar-refractivity contribution < 1.29 is 57.3 Å². The first-order valence-electron chi connectivity index (χ1n) is 19.8. The molecule has 3 aromatic rings. The van der Waals surface area contributed by atoms with E-state index in [-0.39, 0.29) is 54.5 Å². The average Bonchev–Trinajstić information content (AvgIpc) is 3.59. The van der Waals surface area contributed by atoms with Gasteiger partial charge in [0.25, 0.3) is 11.8 Å². The number of carbonyl (C=O) groups is 6. The van der Waals surface area contributed by atoms with E-state index in [1.165, 1.54) is 23.3 Å². The second-order valence-corrected chi connectivity index (χ2v) is 15.4. The summed E-state index contributed by atoms with van der Waals surface area (Å²) in [5, 5.41) is 18.8. The smallest absolute Gasteiger partial charge is 0.326 e. The number of carboxylic acids is 1. The molecule has 1 saturated carbocycles. The van der Waals surface area contributed by atoms with Crippen molar-refractivity contribution >= 4 is 36.1 Å². The zero-order valence-corrected chi connectivity index (χ0v) is 34.8. The highest BCUT2D eigenvalue weighted by atomic mass is 16.7. The van der Waals surface area contributed by atoms with Gasteiger partial charge >= 0.3 is 11.9 Å². The Bertz CT molecular complexity index is 1940. The van der Waals surface area contributed by atoms with Crippen molar-refractivity contribution in [3.05, 3.63) is 71.5 Å². The lowest BCUT2D eigenvalue weighted by atomic mass is 9.88. The van der Waals surface area contributed by atoms with Gasteiger partial charge in [0.15, 0.2) is 5.76 Å². The first-order chi connectivity index (χ1) is 28.1. The van der Waals surface area contributed by atoms with Crippen molar-refractivity contribution in [3.8, 4) is 22.8 Å². The van der Waals surface area contributed by atoms with Crippen molar-refractivity contribution in [2.45, 2.75) is 104 Å². The Morgan fingerprint density at radius 2 is 1.71 bits per heavy atom. The van der Waals surface area contributed by atoms with Crippen molar-refractivity contribution in [2.75, 3.05) is 20.4 Å². The van der Waals surface area contributed by atoms with E-state index >= 15 is 0 Å². The number of benzene rings is 2. The predicted octanol–water partition coefficient (Wildman–Crippen LogP) is 5.64.